The zero-order valence-electron chi connectivity index (χ0n) is 11.2. The molecule has 0 radical (unpaired) electrons. The average Bonchev–Trinajstić information content (AvgIpc) is 2.20. The van der Waals surface area contributed by atoms with Gasteiger partial charge in [0.2, 0.25) is 5.91 Å². The minimum atomic E-state index is -0.0320. The maximum atomic E-state index is 11.9. The first-order valence-corrected chi connectivity index (χ1v) is 6.70. The SMILES string of the molecule is CC(CC(=O)Nc1ncc(N)cc1Br)C(C)(C)C. The third kappa shape index (κ3) is 4.29. The fourth-order valence-electron chi connectivity index (χ4n) is 1.31. The van der Waals surface area contributed by atoms with E-state index < -0.39 is 0 Å². The predicted molar refractivity (Wildman–Crippen MR) is 78.2 cm³/mol. The number of nitrogens with two attached hydrogens (primary N) is 1. The molecule has 0 saturated carbocycles. The van der Waals surface area contributed by atoms with Crippen molar-refractivity contribution < 1.29 is 4.79 Å². The van der Waals surface area contributed by atoms with E-state index in [1.165, 1.54) is 6.20 Å². The molecule has 0 aliphatic heterocycles. The molecule has 100 valence electrons. The van der Waals surface area contributed by atoms with Gasteiger partial charge in [-0.15, -0.1) is 0 Å². The second-order valence-electron chi connectivity index (χ2n) is 5.62. The van der Waals surface area contributed by atoms with E-state index in [1.807, 2.05) is 0 Å². The summed E-state index contributed by atoms with van der Waals surface area (Å²) in [6, 6.07) is 1.72. The molecular formula is C13H20BrN3O. The fraction of sp³-hybridized carbons (Fsp3) is 0.538. The van der Waals surface area contributed by atoms with Crippen LogP contribution in [0, 0.1) is 11.3 Å². The number of nitrogens with one attached hydrogen (secondary N) is 1. The lowest BCUT2D eigenvalue weighted by Gasteiger charge is -2.26. The van der Waals surface area contributed by atoms with Crippen LogP contribution in [0.5, 0.6) is 0 Å². The molecule has 18 heavy (non-hydrogen) atoms. The smallest absolute Gasteiger partial charge is 0.225 e. The van der Waals surface area contributed by atoms with Gasteiger partial charge in [0, 0.05) is 6.42 Å². The number of amides is 1. The summed E-state index contributed by atoms with van der Waals surface area (Å²) < 4.78 is 0.694. The third-order valence-electron chi connectivity index (χ3n) is 3.09. The monoisotopic (exact) mass is 313 g/mol. The van der Waals surface area contributed by atoms with Gasteiger partial charge in [-0.2, -0.15) is 0 Å². The first-order chi connectivity index (χ1) is 8.20. The molecule has 0 bridgehead atoms. The van der Waals surface area contributed by atoms with Crippen LogP contribution < -0.4 is 11.1 Å². The zero-order valence-corrected chi connectivity index (χ0v) is 12.8. The first kappa shape index (κ1) is 15.0. The number of hydrogen-bond donors (Lipinski definition) is 2. The van der Waals surface area contributed by atoms with E-state index in [-0.39, 0.29) is 11.3 Å². The largest absolute Gasteiger partial charge is 0.397 e. The lowest BCUT2D eigenvalue weighted by atomic mass is 9.80. The number of anilines is 2. The van der Waals surface area contributed by atoms with Crippen molar-refractivity contribution >= 4 is 33.3 Å². The van der Waals surface area contributed by atoms with Crippen LogP contribution in [0.2, 0.25) is 0 Å². The summed E-state index contributed by atoms with van der Waals surface area (Å²) in [5.41, 5.74) is 6.26. The molecule has 1 amide bonds. The predicted octanol–water partition coefficient (Wildman–Crippen LogP) is 3.44. The Morgan fingerprint density at radius 2 is 2.17 bits per heavy atom. The van der Waals surface area contributed by atoms with Crippen molar-refractivity contribution in [1.82, 2.24) is 4.98 Å². The van der Waals surface area contributed by atoms with Gasteiger partial charge in [0.1, 0.15) is 5.82 Å². The Balaban J connectivity index is 2.65. The number of nitrogens with zero attached hydrogens (tertiary/aromatic N) is 1. The van der Waals surface area contributed by atoms with Crippen LogP contribution in [0.4, 0.5) is 11.5 Å². The quantitative estimate of drug-likeness (QED) is 0.898. The standard InChI is InChI=1S/C13H20BrN3O/c1-8(13(2,3)4)5-11(18)17-12-10(14)6-9(15)7-16-12/h6-8H,5,15H2,1-4H3,(H,16,17,18). The summed E-state index contributed by atoms with van der Waals surface area (Å²) in [7, 11) is 0. The lowest BCUT2D eigenvalue weighted by Crippen LogP contribution is -2.24. The van der Waals surface area contributed by atoms with Gasteiger partial charge in [-0.3, -0.25) is 4.79 Å². The first-order valence-electron chi connectivity index (χ1n) is 5.91. The summed E-state index contributed by atoms with van der Waals surface area (Å²) in [6.45, 7) is 8.46. The number of rotatable bonds is 3. The normalized spacial score (nSPS) is 13.2. The van der Waals surface area contributed by atoms with Gasteiger partial charge in [0.25, 0.3) is 0 Å². The average molecular weight is 314 g/mol. The Kier molecular flexibility index (Phi) is 4.73. The number of aromatic nitrogens is 1. The maximum absolute atomic E-state index is 11.9. The van der Waals surface area contributed by atoms with E-state index in [0.717, 1.165) is 0 Å². The number of halogens is 1. The van der Waals surface area contributed by atoms with E-state index in [9.17, 15) is 4.79 Å². The van der Waals surface area contributed by atoms with Crippen LogP contribution in [-0.4, -0.2) is 10.9 Å². The number of nitrogen functional groups attached to an aromatic ring is 1. The molecule has 3 N–H and O–H groups in total. The highest BCUT2D eigenvalue weighted by atomic mass is 79.9. The van der Waals surface area contributed by atoms with Crippen molar-refractivity contribution in [3.05, 3.63) is 16.7 Å². The second kappa shape index (κ2) is 5.69. The summed E-state index contributed by atoms with van der Waals surface area (Å²) >= 11 is 3.32. The summed E-state index contributed by atoms with van der Waals surface area (Å²) in [5, 5.41) is 2.79. The van der Waals surface area contributed by atoms with Crippen LogP contribution in [0.3, 0.4) is 0 Å². The molecule has 0 fully saturated rings. The molecule has 0 aromatic carbocycles. The second-order valence-corrected chi connectivity index (χ2v) is 6.47. The van der Waals surface area contributed by atoms with Gasteiger partial charge in [-0.1, -0.05) is 27.7 Å². The third-order valence-corrected chi connectivity index (χ3v) is 3.69. The van der Waals surface area contributed by atoms with Crippen LogP contribution in [-0.2, 0) is 4.79 Å². The summed E-state index contributed by atoms with van der Waals surface area (Å²) in [5.74, 6) is 0.774. The highest BCUT2D eigenvalue weighted by Crippen LogP contribution is 2.29. The molecular weight excluding hydrogens is 294 g/mol. The Labute approximate surface area is 116 Å². The molecule has 1 aromatic heterocycles. The molecule has 1 atom stereocenters. The molecule has 1 aromatic rings. The Hall–Kier alpha value is -1.10. The van der Waals surface area contributed by atoms with Crippen LogP contribution in [0.1, 0.15) is 34.1 Å². The Bertz CT molecular complexity index is 440. The highest BCUT2D eigenvalue weighted by Gasteiger charge is 2.22. The zero-order chi connectivity index (χ0) is 13.9. The van der Waals surface area contributed by atoms with E-state index >= 15 is 0 Å². The Morgan fingerprint density at radius 1 is 1.56 bits per heavy atom. The summed E-state index contributed by atoms with van der Waals surface area (Å²) in [4.78, 5) is 16.0. The molecule has 0 saturated heterocycles. The van der Waals surface area contributed by atoms with E-state index in [1.54, 1.807) is 6.07 Å². The van der Waals surface area contributed by atoms with Crippen molar-refractivity contribution in [2.45, 2.75) is 34.1 Å². The molecule has 0 aliphatic carbocycles. The molecule has 5 heteroatoms. The fourth-order valence-corrected chi connectivity index (χ4v) is 1.78. The molecule has 1 rings (SSSR count). The highest BCUT2D eigenvalue weighted by molar-refractivity contribution is 9.10. The molecule has 1 unspecified atom stereocenters. The van der Waals surface area contributed by atoms with Crippen molar-refractivity contribution in [3.63, 3.8) is 0 Å². The molecule has 4 nitrogen and oxygen atoms in total. The van der Waals surface area contributed by atoms with E-state index in [4.69, 9.17) is 5.73 Å². The van der Waals surface area contributed by atoms with Gasteiger partial charge in [0.05, 0.1) is 16.4 Å². The van der Waals surface area contributed by atoms with Crippen LogP contribution >= 0.6 is 15.9 Å². The lowest BCUT2D eigenvalue weighted by molar-refractivity contribution is -0.117. The number of pyridine rings is 1. The molecule has 0 spiro atoms. The van der Waals surface area contributed by atoms with Crippen molar-refractivity contribution in [2.24, 2.45) is 11.3 Å². The van der Waals surface area contributed by atoms with Gasteiger partial charge in [0.15, 0.2) is 0 Å². The minimum absolute atomic E-state index is 0.0320. The van der Waals surface area contributed by atoms with Crippen molar-refractivity contribution in [1.29, 1.82) is 0 Å². The number of hydrogen-bond acceptors (Lipinski definition) is 3. The Morgan fingerprint density at radius 3 is 2.67 bits per heavy atom. The molecule has 1 heterocycles. The van der Waals surface area contributed by atoms with Crippen molar-refractivity contribution in [2.75, 3.05) is 11.1 Å². The topological polar surface area (TPSA) is 68.0 Å². The maximum Gasteiger partial charge on any atom is 0.225 e. The van der Waals surface area contributed by atoms with Crippen LogP contribution in [0.25, 0.3) is 0 Å². The minimum Gasteiger partial charge on any atom is -0.397 e. The van der Waals surface area contributed by atoms with Gasteiger partial charge < -0.3 is 11.1 Å². The summed E-state index contributed by atoms with van der Waals surface area (Å²) in [6.07, 6.45) is 2.00. The van der Waals surface area contributed by atoms with Gasteiger partial charge in [-0.25, -0.2) is 4.98 Å². The van der Waals surface area contributed by atoms with Crippen LogP contribution in [0.15, 0.2) is 16.7 Å². The number of carbonyl (C=O) groups is 1. The number of carbonyl (C=O) groups excluding carboxylic acids is 1. The van der Waals surface area contributed by atoms with Gasteiger partial charge >= 0.3 is 0 Å². The van der Waals surface area contributed by atoms with E-state index in [0.29, 0.717) is 28.3 Å². The van der Waals surface area contributed by atoms with Crippen molar-refractivity contribution in [3.8, 4) is 0 Å². The molecule has 0 aliphatic rings. The van der Waals surface area contributed by atoms with Gasteiger partial charge in [-0.05, 0) is 33.3 Å². The van der Waals surface area contributed by atoms with E-state index in [2.05, 4.69) is 53.9 Å².